The van der Waals surface area contributed by atoms with E-state index in [0.29, 0.717) is 0 Å². The maximum absolute atomic E-state index is 4.63. The molecule has 0 unspecified atom stereocenters. The van der Waals surface area contributed by atoms with Crippen molar-refractivity contribution in [3.63, 3.8) is 0 Å². The summed E-state index contributed by atoms with van der Waals surface area (Å²) >= 11 is -0.180. The summed E-state index contributed by atoms with van der Waals surface area (Å²) in [7, 11) is -1.13. The predicted octanol–water partition coefficient (Wildman–Crippen LogP) is 3.13. The van der Waals surface area contributed by atoms with E-state index in [1.165, 1.54) is 14.5 Å². The Kier molecular flexibility index (Phi) is 3.31. The molecule has 0 saturated carbocycles. The molecule has 2 heterocycles. The van der Waals surface area contributed by atoms with E-state index in [0.717, 1.165) is 0 Å². The molecule has 0 radical (unpaired) electrons. The van der Waals surface area contributed by atoms with Gasteiger partial charge in [-0.05, 0) is 0 Å². The molecule has 3 heteroatoms. The number of hydrogen-bond donors (Lipinski definition) is 0. The monoisotopic (exact) mass is 361 g/mol. The molecule has 0 amide bonds. The fraction of sp³-hybridized carbons (Fsp3) is 0.500. The Labute approximate surface area is 115 Å². The zero-order chi connectivity index (χ0) is 12.8. The summed E-state index contributed by atoms with van der Waals surface area (Å²) in [6.45, 7) is 14.2. The molecule has 0 bridgehead atoms. The second kappa shape index (κ2) is 4.22. The van der Waals surface area contributed by atoms with E-state index in [9.17, 15) is 0 Å². The average molecular weight is 359 g/mol. The molecular weight excluding hydrogens is 338 g/mol. The fourth-order valence-electron chi connectivity index (χ4n) is 1.96. The third kappa shape index (κ3) is 2.67. The molecule has 0 saturated heterocycles. The Morgan fingerprint density at radius 2 is 1.82 bits per heavy atom. The van der Waals surface area contributed by atoms with Crippen molar-refractivity contribution in [2.45, 2.75) is 45.8 Å². The molecule has 92 valence electrons. The molecule has 1 nitrogen and oxygen atoms in total. The van der Waals surface area contributed by atoms with Crippen LogP contribution in [0.5, 0.6) is 0 Å². The molecule has 2 rings (SSSR count). The molecule has 2 aromatic heterocycles. The number of aromatic nitrogens is 1. The van der Waals surface area contributed by atoms with Crippen LogP contribution in [0.1, 0.15) is 26.3 Å². The number of rotatable bonds is 1. The van der Waals surface area contributed by atoms with Crippen molar-refractivity contribution >= 4 is 40.6 Å². The van der Waals surface area contributed by atoms with Crippen molar-refractivity contribution in [3.05, 3.63) is 23.9 Å². The first-order valence-corrected chi connectivity index (χ1v) is 11.9. The van der Waals surface area contributed by atoms with E-state index in [-0.39, 0.29) is 25.8 Å². The summed E-state index contributed by atoms with van der Waals surface area (Å²) in [5.74, 6) is 0. The zero-order valence-electron chi connectivity index (χ0n) is 11.6. The van der Waals surface area contributed by atoms with E-state index in [2.05, 4.69) is 57.5 Å². The van der Waals surface area contributed by atoms with Crippen LogP contribution in [-0.4, -0.2) is 33.5 Å². The topological polar surface area (TPSA) is 12.9 Å². The third-order valence-corrected chi connectivity index (χ3v) is 13.0. The van der Waals surface area contributed by atoms with Crippen LogP contribution < -0.4 is 3.20 Å². The van der Waals surface area contributed by atoms with Gasteiger partial charge in [0.15, 0.2) is 0 Å². The first-order valence-electron chi connectivity index (χ1n) is 6.09. The SMILES string of the molecule is CC(C)(C)c1ccnc2[te]c([Si](C)(C)C)cc12. The van der Waals surface area contributed by atoms with E-state index >= 15 is 0 Å². The Balaban J connectivity index is 2.70. The molecule has 0 aliphatic rings. The van der Waals surface area contributed by atoms with Crippen LogP contribution in [0.15, 0.2) is 18.3 Å². The van der Waals surface area contributed by atoms with Gasteiger partial charge in [0, 0.05) is 0 Å². The van der Waals surface area contributed by atoms with Gasteiger partial charge in [0.1, 0.15) is 0 Å². The number of fused-ring (bicyclic) bond motifs is 1. The maximum atomic E-state index is 4.63. The molecule has 0 atom stereocenters. The van der Waals surface area contributed by atoms with Crippen molar-refractivity contribution in [2.24, 2.45) is 0 Å². The zero-order valence-corrected chi connectivity index (χ0v) is 14.9. The van der Waals surface area contributed by atoms with Crippen LogP contribution in [0, 0.1) is 0 Å². The van der Waals surface area contributed by atoms with Crippen molar-refractivity contribution < 1.29 is 0 Å². The summed E-state index contributed by atoms with van der Waals surface area (Å²) in [5.41, 5.74) is 1.70. The summed E-state index contributed by atoms with van der Waals surface area (Å²) in [6.07, 6.45) is 2.01. The van der Waals surface area contributed by atoms with E-state index in [4.69, 9.17) is 0 Å². The molecule has 0 aliphatic carbocycles. The Hall–Kier alpha value is -0.104. The second-order valence-electron chi connectivity index (χ2n) is 6.69. The predicted molar refractivity (Wildman–Crippen MR) is 80.4 cm³/mol. The van der Waals surface area contributed by atoms with Gasteiger partial charge in [-0.2, -0.15) is 0 Å². The van der Waals surface area contributed by atoms with E-state index in [1.54, 1.807) is 3.20 Å². The Morgan fingerprint density at radius 3 is 2.35 bits per heavy atom. The van der Waals surface area contributed by atoms with Crippen molar-refractivity contribution in [1.29, 1.82) is 0 Å². The van der Waals surface area contributed by atoms with Crippen LogP contribution in [0.25, 0.3) is 8.92 Å². The van der Waals surface area contributed by atoms with Gasteiger partial charge in [-0.3, -0.25) is 0 Å². The Morgan fingerprint density at radius 1 is 1.18 bits per heavy atom. The van der Waals surface area contributed by atoms with Gasteiger partial charge in [-0.1, -0.05) is 0 Å². The summed E-state index contributed by atoms with van der Waals surface area (Å²) in [4.78, 5) is 4.63. The first-order chi connectivity index (χ1) is 7.69. The molecule has 0 aromatic carbocycles. The molecule has 0 spiro atoms. The molecule has 0 aliphatic heterocycles. The third-order valence-electron chi connectivity index (χ3n) is 2.98. The molecule has 2 aromatic rings. The second-order valence-corrected chi connectivity index (χ2v) is 15.8. The quantitative estimate of drug-likeness (QED) is 0.714. The fourth-order valence-corrected chi connectivity index (χ4v) is 8.34. The van der Waals surface area contributed by atoms with Crippen LogP contribution in [0.3, 0.4) is 0 Å². The van der Waals surface area contributed by atoms with Gasteiger partial charge < -0.3 is 0 Å². The van der Waals surface area contributed by atoms with Gasteiger partial charge in [0.2, 0.25) is 0 Å². The van der Waals surface area contributed by atoms with E-state index in [1.807, 2.05) is 6.20 Å². The molecule has 0 fully saturated rings. The Bertz CT molecular complexity index is 543. The summed E-state index contributed by atoms with van der Waals surface area (Å²) in [5, 5.41) is 1.46. The van der Waals surface area contributed by atoms with Crippen molar-refractivity contribution in [2.75, 3.05) is 0 Å². The van der Waals surface area contributed by atoms with Crippen LogP contribution >= 0.6 is 0 Å². The number of nitrogens with zero attached hydrogens (tertiary/aromatic N) is 1. The van der Waals surface area contributed by atoms with Gasteiger partial charge in [-0.15, -0.1) is 0 Å². The molecular formula is C14H21NSiTe. The van der Waals surface area contributed by atoms with Crippen LogP contribution in [0.2, 0.25) is 19.6 Å². The average Bonchev–Trinajstić information content (AvgIpc) is 2.57. The molecule has 17 heavy (non-hydrogen) atoms. The van der Waals surface area contributed by atoms with Crippen molar-refractivity contribution in [1.82, 2.24) is 4.98 Å². The standard InChI is InChI=1S/C14H21NSiTe/c1-14(2,3)11-7-8-15-13-10(11)9-12(17-13)16(4,5)6/h7-9H,1-6H3. The van der Waals surface area contributed by atoms with Crippen LogP contribution in [0.4, 0.5) is 0 Å². The summed E-state index contributed by atoms with van der Waals surface area (Å²) < 4.78 is 3.18. The molecule has 0 N–H and O–H groups in total. The first kappa shape index (κ1) is 13.3. The van der Waals surface area contributed by atoms with Gasteiger partial charge >= 0.3 is 115 Å². The van der Waals surface area contributed by atoms with Crippen molar-refractivity contribution in [3.8, 4) is 0 Å². The minimum absolute atomic E-state index is 0.180. The normalized spacial score (nSPS) is 13.3. The summed E-state index contributed by atoms with van der Waals surface area (Å²) in [6, 6.07) is 4.69. The minimum atomic E-state index is -1.13. The van der Waals surface area contributed by atoms with Gasteiger partial charge in [0.25, 0.3) is 0 Å². The van der Waals surface area contributed by atoms with Gasteiger partial charge in [0.05, 0.1) is 0 Å². The number of hydrogen-bond acceptors (Lipinski definition) is 1. The number of pyridine rings is 1. The van der Waals surface area contributed by atoms with Crippen LogP contribution in [-0.2, 0) is 5.41 Å². The van der Waals surface area contributed by atoms with Gasteiger partial charge in [-0.25, -0.2) is 0 Å². The van der Waals surface area contributed by atoms with E-state index < -0.39 is 8.07 Å².